The Kier molecular flexibility index (Phi) is 7.61. The van der Waals surface area contributed by atoms with Crippen LogP contribution in [0.1, 0.15) is 26.3 Å². The Morgan fingerprint density at radius 2 is 1.70 bits per heavy atom. The van der Waals surface area contributed by atoms with Gasteiger partial charge in [0.05, 0.1) is 12.8 Å². The number of aromatic nitrogens is 2. The number of carbonyl (C=O) groups is 2. The smallest absolute Gasteiger partial charge is 0.412 e. The van der Waals surface area contributed by atoms with Gasteiger partial charge in [0.2, 0.25) is 0 Å². The second-order valence-corrected chi connectivity index (χ2v) is 8.40. The van der Waals surface area contributed by atoms with E-state index in [-0.39, 0.29) is 5.97 Å². The van der Waals surface area contributed by atoms with Crippen LogP contribution in [-0.4, -0.2) is 40.8 Å². The summed E-state index contributed by atoms with van der Waals surface area (Å²) < 4.78 is 10.2. The van der Waals surface area contributed by atoms with Crippen molar-refractivity contribution in [3.8, 4) is 11.3 Å². The van der Waals surface area contributed by atoms with Crippen molar-refractivity contribution in [2.45, 2.75) is 38.8 Å². The molecule has 0 fully saturated rings. The van der Waals surface area contributed by atoms with Gasteiger partial charge in [-0.2, -0.15) is 0 Å². The van der Waals surface area contributed by atoms with Gasteiger partial charge in [-0.3, -0.25) is 5.32 Å². The fraction of sp³-hybridized carbons (Fsp3) is 0.280. The van der Waals surface area contributed by atoms with Crippen LogP contribution < -0.4 is 10.6 Å². The molecule has 0 saturated heterocycles. The molecule has 1 amide bonds. The molecule has 1 heterocycles. The predicted octanol–water partition coefficient (Wildman–Crippen LogP) is 4.69. The molecule has 0 spiro atoms. The quantitative estimate of drug-likeness (QED) is 0.506. The van der Waals surface area contributed by atoms with Crippen LogP contribution in [0.25, 0.3) is 11.3 Å². The number of benzene rings is 2. The van der Waals surface area contributed by atoms with Crippen LogP contribution in [0.3, 0.4) is 0 Å². The van der Waals surface area contributed by atoms with Crippen LogP contribution in [0.4, 0.5) is 16.3 Å². The number of rotatable bonds is 7. The van der Waals surface area contributed by atoms with Crippen molar-refractivity contribution >= 4 is 23.6 Å². The molecule has 1 atom stereocenters. The van der Waals surface area contributed by atoms with E-state index in [2.05, 4.69) is 20.6 Å². The van der Waals surface area contributed by atoms with E-state index in [9.17, 15) is 9.59 Å². The Bertz CT molecular complexity index is 1080. The molecule has 33 heavy (non-hydrogen) atoms. The van der Waals surface area contributed by atoms with Crippen LogP contribution in [-0.2, 0) is 20.7 Å². The maximum atomic E-state index is 12.3. The molecular formula is C25H28N4O4. The average Bonchev–Trinajstić information content (AvgIpc) is 2.78. The molecule has 8 nitrogen and oxygen atoms in total. The summed E-state index contributed by atoms with van der Waals surface area (Å²) in [6.07, 6.45) is 1.37. The molecule has 3 aromatic rings. The Morgan fingerprint density at radius 3 is 2.33 bits per heavy atom. The van der Waals surface area contributed by atoms with E-state index in [1.165, 1.54) is 13.4 Å². The van der Waals surface area contributed by atoms with Crippen molar-refractivity contribution in [3.63, 3.8) is 0 Å². The Labute approximate surface area is 193 Å². The van der Waals surface area contributed by atoms with Gasteiger partial charge in [0.15, 0.2) is 0 Å². The summed E-state index contributed by atoms with van der Waals surface area (Å²) in [6, 6.07) is 18.0. The average molecular weight is 449 g/mol. The van der Waals surface area contributed by atoms with E-state index in [1.807, 2.05) is 42.5 Å². The molecule has 8 heteroatoms. The minimum Gasteiger partial charge on any atom is -0.467 e. The van der Waals surface area contributed by atoms with Crippen molar-refractivity contribution in [2.75, 3.05) is 17.7 Å². The number of ether oxygens (including phenoxy) is 2. The first kappa shape index (κ1) is 23.7. The van der Waals surface area contributed by atoms with Gasteiger partial charge in [0, 0.05) is 23.7 Å². The van der Waals surface area contributed by atoms with Crippen molar-refractivity contribution in [1.82, 2.24) is 9.97 Å². The minimum absolute atomic E-state index is 0.378. The van der Waals surface area contributed by atoms with Crippen LogP contribution >= 0.6 is 0 Å². The van der Waals surface area contributed by atoms with Gasteiger partial charge in [-0.25, -0.2) is 19.6 Å². The first-order chi connectivity index (χ1) is 15.7. The van der Waals surface area contributed by atoms with E-state index in [1.54, 1.807) is 39.0 Å². The lowest BCUT2D eigenvalue weighted by Gasteiger charge is -2.19. The summed E-state index contributed by atoms with van der Waals surface area (Å²) in [4.78, 5) is 32.8. The summed E-state index contributed by atoms with van der Waals surface area (Å²) in [5, 5.41) is 5.85. The van der Waals surface area contributed by atoms with Crippen LogP contribution in [0.5, 0.6) is 0 Å². The highest BCUT2D eigenvalue weighted by Gasteiger charge is 2.20. The van der Waals surface area contributed by atoms with Crippen molar-refractivity contribution in [1.29, 1.82) is 0 Å². The van der Waals surface area contributed by atoms with Gasteiger partial charge in [0.25, 0.3) is 0 Å². The molecule has 2 N–H and O–H groups in total. The predicted molar refractivity (Wildman–Crippen MR) is 127 cm³/mol. The molecule has 172 valence electrons. The number of methoxy groups -OCH3 is 1. The van der Waals surface area contributed by atoms with E-state index in [0.29, 0.717) is 23.6 Å². The number of nitrogens with one attached hydrogen (secondary N) is 2. The standard InChI is InChI=1S/C25H28N4O4/c1-25(2,3)33-24(31)28-19-12-10-18(11-13-19)20-15-22(27-16-26-20)29-21(23(30)32-4)14-17-8-6-5-7-9-17/h5-13,15-16,21H,14H2,1-4H3,(H,28,31)(H,26,27,29). The molecule has 1 unspecified atom stereocenters. The second kappa shape index (κ2) is 10.6. The van der Waals surface area contributed by atoms with Crippen LogP contribution in [0.2, 0.25) is 0 Å². The van der Waals surface area contributed by atoms with Gasteiger partial charge >= 0.3 is 12.1 Å². The van der Waals surface area contributed by atoms with Crippen molar-refractivity contribution < 1.29 is 19.1 Å². The highest BCUT2D eigenvalue weighted by Crippen LogP contribution is 2.22. The minimum atomic E-state index is -0.597. The molecule has 0 saturated carbocycles. The molecule has 2 aromatic carbocycles. The number of nitrogens with zero attached hydrogens (tertiary/aromatic N) is 2. The summed E-state index contributed by atoms with van der Waals surface area (Å²) in [6.45, 7) is 5.42. The largest absolute Gasteiger partial charge is 0.467 e. The van der Waals surface area contributed by atoms with Gasteiger partial charge in [0.1, 0.15) is 23.8 Å². The monoisotopic (exact) mass is 448 g/mol. The third-order valence-electron chi connectivity index (χ3n) is 4.58. The number of hydrogen-bond acceptors (Lipinski definition) is 7. The van der Waals surface area contributed by atoms with Gasteiger partial charge in [-0.1, -0.05) is 42.5 Å². The zero-order chi connectivity index (χ0) is 23.8. The first-order valence-electron chi connectivity index (χ1n) is 10.5. The number of hydrogen-bond donors (Lipinski definition) is 2. The zero-order valence-corrected chi connectivity index (χ0v) is 19.2. The fourth-order valence-corrected chi connectivity index (χ4v) is 3.10. The summed E-state index contributed by atoms with van der Waals surface area (Å²) in [5.74, 6) is 0.124. The molecular weight excluding hydrogens is 420 g/mol. The first-order valence-corrected chi connectivity index (χ1v) is 10.5. The van der Waals surface area contributed by atoms with Gasteiger partial charge in [-0.15, -0.1) is 0 Å². The molecule has 0 aliphatic rings. The van der Waals surface area contributed by atoms with Gasteiger partial charge in [-0.05, 0) is 38.5 Å². The number of carbonyl (C=O) groups excluding carboxylic acids is 2. The molecule has 0 radical (unpaired) electrons. The Balaban J connectivity index is 1.71. The lowest BCUT2D eigenvalue weighted by atomic mass is 10.1. The molecule has 0 aliphatic carbocycles. The lowest BCUT2D eigenvalue weighted by molar-refractivity contribution is -0.141. The number of anilines is 2. The highest BCUT2D eigenvalue weighted by molar-refractivity contribution is 5.85. The third kappa shape index (κ3) is 7.31. The summed E-state index contributed by atoms with van der Waals surface area (Å²) in [5.41, 5.74) is 2.53. The maximum absolute atomic E-state index is 12.3. The van der Waals surface area contributed by atoms with Crippen molar-refractivity contribution in [3.05, 3.63) is 72.6 Å². The van der Waals surface area contributed by atoms with E-state index in [4.69, 9.17) is 9.47 Å². The molecule has 0 aliphatic heterocycles. The number of amides is 1. The van der Waals surface area contributed by atoms with Gasteiger partial charge < -0.3 is 14.8 Å². The number of esters is 1. The zero-order valence-electron chi connectivity index (χ0n) is 19.2. The molecule has 1 aromatic heterocycles. The third-order valence-corrected chi connectivity index (χ3v) is 4.58. The summed E-state index contributed by atoms with van der Waals surface area (Å²) in [7, 11) is 1.36. The maximum Gasteiger partial charge on any atom is 0.412 e. The second-order valence-electron chi connectivity index (χ2n) is 8.40. The lowest BCUT2D eigenvalue weighted by Crippen LogP contribution is -2.33. The Hall–Kier alpha value is -3.94. The summed E-state index contributed by atoms with van der Waals surface area (Å²) >= 11 is 0. The Morgan fingerprint density at radius 1 is 1.00 bits per heavy atom. The molecule has 3 rings (SSSR count). The van der Waals surface area contributed by atoms with E-state index >= 15 is 0 Å². The SMILES string of the molecule is COC(=O)C(Cc1ccccc1)Nc1cc(-c2ccc(NC(=O)OC(C)(C)C)cc2)ncn1. The fourth-order valence-electron chi connectivity index (χ4n) is 3.10. The van der Waals surface area contributed by atoms with Crippen molar-refractivity contribution in [2.24, 2.45) is 0 Å². The van der Waals surface area contributed by atoms with Crippen LogP contribution in [0, 0.1) is 0 Å². The topological polar surface area (TPSA) is 102 Å². The van der Waals surface area contributed by atoms with E-state index < -0.39 is 17.7 Å². The van der Waals surface area contributed by atoms with E-state index in [0.717, 1.165) is 11.1 Å². The van der Waals surface area contributed by atoms with Crippen LogP contribution in [0.15, 0.2) is 67.0 Å². The molecule has 0 bridgehead atoms. The normalized spacial score (nSPS) is 11.9. The highest BCUT2D eigenvalue weighted by atomic mass is 16.6.